The summed E-state index contributed by atoms with van der Waals surface area (Å²) in [6.07, 6.45) is 5.54. The molecule has 1 N–H and O–H groups in total. The minimum atomic E-state index is -1.59. The van der Waals surface area contributed by atoms with E-state index >= 15 is 0 Å². The van der Waals surface area contributed by atoms with Crippen LogP contribution >= 0.6 is 0 Å². The minimum absolute atomic E-state index is 0.0356. The zero-order chi connectivity index (χ0) is 26.1. The van der Waals surface area contributed by atoms with Gasteiger partial charge in [-0.1, -0.05) is 62.2 Å². The van der Waals surface area contributed by atoms with E-state index in [1.807, 2.05) is 49.4 Å². The Kier molecular flexibility index (Phi) is 9.70. The molecule has 0 aliphatic rings. The van der Waals surface area contributed by atoms with Crippen molar-refractivity contribution in [3.05, 3.63) is 66.5 Å². The monoisotopic (exact) mass is 509 g/mol. The summed E-state index contributed by atoms with van der Waals surface area (Å²) in [7, 11) is -1.59. The number of aromatic nitrogens is 2. The van der Waals surface area contributed by atoms with Crippen LogP contribution in [0.25, 0.3) is 10.8 Å². The quantitative estimate of drug-likeness (QED) is 0.299. The zero-order valence-electron chi connectivity index (χ0n) is 21.4. The lowest BCUT2D eigenvalue weighted by Gasteiger charge is -2.26. The van der Waals surface area contributed by atoms with Crippen molar-refractivity contribution in [2.75, 3.05) is 5.75 Å². The van der Waals surface area contributed by atoms with Gasteiger partial charge in [-0.15, -0.1) is 0 Å². The van der Waals surface area contributed by atoms with Gasteiger partial charge in [-0.3, -0.25) is 9.00 Å². The lowest BCUT2D eigenvalue weighted by molar-refractivity contribution is -0.159. The molecule has 7 nitrogen and oxygen atoms in total. The lowest BCUT2D eigenvalue weighted by atomic mass is 9.95. The first-order valence-electron chi connectivity index (χ1n) is 12.3. The fraction of sp³-hybridized carbons (Fsp3) is 0.429. The number of carbonyl (C=O) groups is 2. The molecule has 3 atom stereocenters. The van der Waals surface area contributed by atoms with Crippen molar-refractivity contribution < 1.29 is 18.5 Å². The van der Waals surface area contributed by atoms with Gasteiger partial charge in [0, 0.05) is 18.1 Å². The second-order valence-corrected chi connectivity index (χ2v) is 11.2. The van der Waals surface area contributed by atoms with Crippen molar-refractivity contribution in [2.24, 2.45) is 5.92 Å². The number of unbranched alkanes of at least 4 members (excludes halogenated alkanes) is 1. The Labute approximate surface area is 215 Å². The molecule has 1 heterocycles. The van der Waals surface area contributed by atoms with Gasteiger partial charge in [0.1, 0.15) is 11.6 Å². The van der Waals surface area contributed by atoms with E-state index in [2.05, 4.69) is 15.3 Å². The van der Waals surface area contributed by atoms with Crippen LogP contribution in [0.15, 0.2) is 66.1 Å². The highest BCUT2D eigenvalue weighted by atomic mass is 32.2. The predicted octanol–water partition coefficient (Wildman–Crippen LogP) is 4.61. The summed E-state index contributed by atoms with van der Waals surface area (Å²) in [5.74, 6) is -1.42. The second-order valence-electron chi connectivity index (χ2n) is 9.82. The van der Waals surface area contributed by atoms with Gasteiger partial charge in [0.2, 0.25) is 11.1 Å². The van der Waals surface area contributed by atoms with Crippen LogP contribution in [0.1, 0.15) is 52.5 Å². The number of hydrogen-bond acceptors (Lipinski definition) is 6. The average molecular weight is 510 g/mol. The standard InChI is InChI=1S/C28H35N3O4S/c1-5-6-15-24(26(33)35-28(2,3)4)31-25(32)22(19-36(34)27-29-16-10-17-30-27)18-21-13-9-12-20-11-7-8-14-23(20)21/h7-14,16-17,22,24H,5-6,15,18-19H2,1-4H3,(H,31,32)/t22-,24+,36?/m1/s1. The molecule has 192 valence electrons. The molecule has 0 spiro atoms. The third kappa shape index (κ3) is 7.95. The van der Waals surface area contributed by atoms with Gasteiger partial charge in [0.15, 0.2) is 0 Å². The molecule has 1 unspecified atom stereocenters. The summed E-state index contributed by atoms with van der Waals surface area (Å²) in [5, 5.41) is 5.20. The molecule has 0 bridgehead atoms. The number of carbonyl (C=O) groups excluding carboxylic acids is 2. The van der Waals surface area contributed by atoms with Gasteiger partial charge in [-0.25, -0.2) is 14.8 Å². The van der Waals surface area contributed by atoms with Gasteiger partial charge in [0.05, 0.1) is 16.7 Å². The van der Waals surface area contributed by atoms with Gasteiger partial charge in [-0.2, -0.15) is 0 Å². The number of amides is 1. The molecule has 0 fully saturated rings. The molecule has 0 aliphatic carbocycles. The van der Waals surface area contributed by atoms with Crippen LogP contribution in [-0.2, 0) is 31.5 Å². The first kappa shape index (κ1) is 27.5. The molecule has 36 heavy (non-hydrogen) atoms. The third-order valence-corrected chi connectivity index (χ3v) is 6.99. The molecule has 8 heteroatoms. The van der Waals surface area contributed by atoms with E-state index in [0.29, 0.717) is 12.8 Å². The molecule has 3 rings (SSSR count). The maximum atomic E-state index is 13.6. The SMILES string of the molecule is CCCC[C@H](NC(=O)[C@H](Cc1cccc2ccccc12)CS(=O)c1ncccn1)C(=O)OC(C)(C)C. The van der Waals surface area contributed by atoms with E-state index in [9.17, 15) is 13.8 Å². The molecule has 0 saturated heterocycles. The van der Waals surface area contributed by atoms with Gasteiger partial charge < -0.3 is 10.1 Å². The number of nitrogens with one attached hydrogen (secondary N) is 1. The third-order valence-electron chi connectivity index (χ3n) is 5.67. The van der Waals surface area contributed by atoms with E-state index in [0.717, 1.165) is 29.2 Å². The average Bonchev–Trinajstić information content (AvgIpc) is 2.85. The number of ether oxygens (including phenoxy) is 1. The first-order chi connectivity index (χ1) is 17.2. The predicted molar refractivity (Wildman–Crippen MR) is 142 cm³/mol. The number of benzene rings is 2. The van der Waals surface area contributed by atoms with Crippen LogP contribution in [0.2, 0.25) is 0 Å². The fourth-order valence-corrected chi connectivity index (χ4v) is 5.08. The van der Waals surface area contributed by atoms with E-state index in [4.69, 9.17) is 4.74 Å². The molecule has 3 aromatic rings. The van der Waals surface area contributed by atoms with Crippen molar-refractivity contribution in [2.45, 2.75) is 70.2 Å². The molecule has 0 saturated carbocycles. The van der Waals surface area contributed by atoms with Crippen LogP contribution in [-0.4, -0.2) is 43.4 Å². The van der Waals surface area contributed by atoms with E-state index < -0.39 is 34.3 Å². The van der Waals surface area contributed by atoms with Crippen molar-refractivity contribution in [3.63, 3.8) is 0 Å². The Morgan fingerprint density at radius 1 is 1.03 bits per heavy atom. The number of nitrogens with zero attached hydrogens (tertiary/aromatic N) is 2. The summed E-state index contributed by atoms with van der Waals surface area (Å²) < 4.78 is 18.7. The Morgan fingerprint density at radius 3 is 2.42 bits per heavy atom. The van der Waals surface area contributed by atoms with Crippen molar-refractivity contribution >= 4 is 33.4 Å². The van der Waals surface area contributed by atoms with Crippen LogP contribution < -0.4 is 5.32 Å². The summed E-state index contributed by atoms with van der Waals surface area (Å²) in [5.41, 5.74) is 0.308. The zero-order valence-corrected chi connectivity index (χ0v) is 22.2. The molecule has 2 aromatic carbocycles. The highest BCUT2D eigenvalue weighted by molar-refractivity contribution is 7.84. The molecule has 0 radical (unpaired) electrons. The maximum Gasteiger partial charge on any atom is 0.329 e. The highest BCUT2D eigenvalue weighted by Crippen LogP contribution is 2.23. The van der Waals surface area contributed by atoms with Crippen LogP contribution in [0.5, 0.6) is 0 Å². The van der Waals surface area contributed by atoms with Crippen molar-refractivity contribution in [1.29, 1.82) is 0 Å². The Balaban J connectivity index is 1.88. The first-order valence-corrected chi connectivity index (χ1v) is 13.6. The van der Waals surface area contributed by atoms with E-state index in [-0.39, 0.29) is 16.8 Å². The normalized spacial score (nSPS) is 14.1. The maximum absolute atomic E-state index is 13.6. The number of rotatable bonds is 11. The smallest absolute Gasteiger partial charge is 0.329 e. The summed E-state index contributed by atoms with van der Waals surface area (Å²) in [6.45, 7) is 7.43. The molecular formula is C28H35N3O4S. The Hall–Kier alpha value is -3.13. The van der Waals surface area contributed by atoms with Crippen molar-refractivity contribution in [3.8, 4) is 0 Å². The summed E-state index contributed by atoms with van der Waals surface area (Å²) >= 11 is 0. The second kappa shape index (κ2) is 12.7. The fourth-order valence-electron chi connectivity index (χ4n) is 3.94. The van der Waals surface area contributed by atoms with Gasteiger partial charge in [-0.05, 0) is 56.0 Å². The minimum Gasteiger partial charge on any atom is -0.458 e. The Morgan fingerprint density at radius 2 is 1.72 bits per heavy atom. The van der Waals surface area contributed by atoms with Gasteiger partial charge >= 0.3 is 5.97 Å². The summed E-state index contributed by atoms with van der Waals surface area (Å²) in [6, 6.07) is 14.8. The van der Waals surface area contributed by atoms with E-state index in [1.165, 1.54) is 12.4 Å². The topological polar surface area (TPSA) is 98.3 Å². The molecule has 1 amide bonds. The summed E-state index contributed by atoms with van der Waals surface area (Å²) in [4.78, 5) is 34.7. The van der Waals surface area contributed by atoms with E-state index in [1.54, 1.807) is 26.8 Å². The highest BCUT2D eigenvalue weighted by Gasteiger charge is 2.30. The van der Waals surface area contributed by atoms with Crippen LogP contribution in [0, 0.1) is 5.92 Å². The van der Waals surface area contributed by atoms with Gasteiger partial charge in [0.25, 0.3) is 0 Å². The number of hydrogen-bond donors (Lipinski definition) is 1. The Bertz CT molecular complexity index is 1190. The molecule has 0 aliphatic heterocycles. The van der Waals surface area contributed by atoms with Crippen LogP contribution in [0.3, 0.4) is 0 Å². The number of fused-ring (bicyclic) bond motifs is 1. The van der Waals surface area contributed by atoms with Crippen molar-refractivity contribution in [1.82, 2.24) is 15.3 Å². The number of esters is 1. The van der Waals surface area contributed by atoms with Crippen LogP contribution in [0.4, 0.5) is 0 Å². The molecular weight excluding hydrogens is 474 g/mol. The lowest BCUT2D eigenvalue weighted by Crippen LogP contribution is -2.47. The largest absolute Gasteiger partial charge is 0.458 e. The molecule has 1 aromatic heterocycles.